The molecule has 0 aromatic carbocycles. The zero-order valence-corrected chi connectivity index (χ0v) is 19.0. The van der Waals surface area contributed by atoms with E-state index in [1.807, 2.05) is 0 Å². The molecule has 0 spiro atoms. The van der Waals surface area contributed by atoms with Crippen molar-refractivity contribution < 1.29 is 0 Å². The van der Waals surface area contributed by atoms with Crippen molar-refractivity contribution in [3.63, 3.8) is 0 Å². The smallest absolute Gasteiger partial charge is 0.0535 e. The minimum absolute atomic E-state index is 0.148. The van der Waals surface area contributed by atoms with Crippen molar-refractivity contribution in [2.75, 3.05) is 6.16 Å². The fourth-order valence-corrected chi connectivity index (χ4v) is 24.6. The van der Waals surface area contributed by atoms with E-state index >= 15 is 0 Å². The van der Waals surface area contributed by atoms with Crippen molar-refractivity contribution in [1.82, 2.24) is 0 Å². The van der Waals surface area contributed by atoms with Gasteiger partial charge in [-0.25, -0.2) is 0 Å². The highest BCUT2D eigenvalue weighted by Gasteiger charge is 2.66. The molecule has 3 heterocycles. The van der Waals surface area contributed by atoms with Gasteiger partial charge >= 0.3 is 0 Å². The Morgan fingerprint density at radius 1 is 1.15 bits per heavy atom. The van der Waals surface area contributed by atoms with Crippen molar-refractivity contribution in [3.05, 3.63) is 11.6 Å². The SMILES string of the molecule is CC1=C[C@]2(C(C)(C)C)[P@](Br)[C@H](C(C)(C)C)[C@@]1(C)C[P@]2Br. The molecule has 0 saturated carbocycles. The highest BCUT2D eigenvalue weighted by Crippen LogP contribution is 2.90. The zero-order valence-electron chi connectivity index (χ0n) is 14.0. The van der Waals surface area contributed by atoms with Gasteiger partial charge < -0.3 is 0 Å². The molecule has 20 heavy (non-hydrogen) atoms. The highest BCUT2D eigenvalue weighted by molar-refractivity contribution is 9.42. The number of halogens is 2. The molecule has 0 aliphatic carbocycles. The van der Waals surface area contributed by atoms with Gasteiger partial charge in [0.1, 0.15) is 0 Å². The van der Waals surface area contributed by atoms with Crippen molar-refractivity contribution in [1.29, 1.82) is 0 Å². The van der Waals surface area contributed by atoms with E-state index in [1.54, 1.807) is 5.57 Å². The van der Waals surface area contributed by atoms with Gasteiger partial charge in [-0.15, -0.1) is 0 Å². The molecule has 0 radical (unpaired) electrons. The minimum Gasteiger partial charge on any atom is -0.0690 e. The molecule has 5 atom stereocenters. The predicted octanol–water partition coefficient (Wildman–Crippen LogP) is 7.71. The lowest BCUT2D eigenvalue weighted by Crippen LogP contribution is -2.56. The lowest BCUT2D eigenvalue weighted by atomic mass is 9.69. The van der Waals surface area contributed by atoms with Crippen molar-refractivity contribution >= 4 is 44.2 Å². The third-order valence-corrected chi connectivity index (χ3v) is 19.3. The van der Waals surface area contributed by atoms with Gasteiger partial charge in [0.2, 0.25) is 0 Å². The first kappa shape index (κ1) is 17.9. The molecule has 3 aliphatic rings. The number of hydrogen-bond donors (Lipinski definition) is 0. The lowest BCUT2D eigenvalue weighted by Gasteiger charge is -2.67. The third kappa shape index (κ3) is 2.26. The standard InChI is InChI=1S/C16H28Br2P2/c1-11-9-16(14(5,6)7)19(17)10-15(11,8)12(20(16)18)13(2,3)4/h9,12H,10H2,1-8H3/t12-,15+,16-,19+,20-/m1/s1. The molecule has 0 nitrogen and oxygen atoms in total. The average molecular weight is 442 g/mol. The van der Waals surface area contributed by atoms with Gasteiger partial charge in [-0.05, 0) is 37.2 Å². The normalized spacial score (nSPS) is 45.5. The second-order valence-electron chi connectivity index (χ2n) is 8.82. The number of hydrogen-bond acceptors (Lipinski definition) is 0. The summed E-state index contributed by atoms with van der Waals surface area (Å²) in [6.45, 7) is 19.1. The van der Waals surface area contributed by atoms with E-state index < -0.39 is 0 Å². The van der Waals surface area contributed by atoms with E-state index in [0.717, 1.165) is 5.66 Å². The Balaban J connectivity index is 2.71. The predicted molar refractivity (Wildman–Crippen MR) is 104 cm³/mol. The van der Waals surface area contributed by atoms with Crippen LogP contribution in [0, 0.1) is 16.2 Å². The van der Waals surface area contributed by atoms with Gasteiger partial charge in [-0.1, -0.05) is 91.1 Å². The molecular weight excluding hydrogens is 414 g/mol. The van der Waals surface area contributed by atoms with Crippen LogP contribution in [-0.2, 0) is 0 Å². The summed E-state index contributed by atoms with van der Waals surface area (Å²) in [5, 5.41) is 0. The monoisotopic (exact) mass is 440 g/mol. The van der Waals surface area contributed by atoms with E-state index in [4.69, 9.17) is 0 Å². The molecule has 3 aliphatic heterocycles. The van der Waals surface area contributed by atoms with Crippen molar-refractivity contribution in [2.45, 2.75) is 65.9 Å². The Labute approximate surface area is 143 Å². The zero-order chi connectivity index (χ0) is 15.7. The van der Waals surface area contributed by atoms with Crippen LogP contribution in [0.2, 0.25) is 0 Å². The molecule has 0 aromatic rings. The van der Waals surface area contributed by atoms with E-state index in [9.17, 15) is 0 Å². The van der Waals surface area contributed by atoms with Gasteiger partial charge in [0.05, 0.1) is 4.90 Å². The first-order valence-electron chi connectivity index (χ1n) is 7.37. The first-order chi connectivity index (χ1) is 8.78. The van der Waals surface area contributed by atoms with Crippen LogP contribution in [0.4, 0.5) is 0 Å². The van der Waals surface area contributed by atoms with Crippen LogP contribution in [-0.4, -0.2) is 16.7 Å². The summed E-state index contributed by atoms with van der Waals surface area (Å²) < 4.78 is 0. The van der Waals surface area contributed by atoms with E-state index in [1.165, 1.54) is 6.16 Å². The summed E-state index contributed by atoms with van der Waals surface area (Å²) in [6, 6.07) is 0. The number of allylic oxidation sites excluding steroid dienone is 2. The second-order valence-corrected chi connectivity index (χ2v) is 17.6. The summed E-state index contributed by atoms with van der Waals surface area (Å²) in [6.07, 6.45) is 3.98. The summed E-state index contributed by atoms with van der Waals surface area (Å²) >= 11 is 8.39. The molecule has 0 aromatic heterocycles. The molecule has 2 bridgehead atoms. The lowest BCUT2D eigenvalue weighted by molar-refractivity contribution is 0.242. The Morgan fingerprint density at radius 2 is 1.65 bits per heavy atom. The van der Waals surface area contributed by atoms with Crippen LogP contribution >= 0.6 is 44.2 Å². The summed E-state index contributed by atoms with van der Waals surface area (Å²) in [7, 11) is 0. The fourth-order valence-electron chi connectivity index (χ4n) is 4.18. The molecule has 0 N–H and O–H groups in total. The van der Waals surface area contributed by atoms with Crippen LogP contribution in [0.25, 0.3) is 0 Å². The third-order valence-electron chi connectivity index (χ3n) is 5.24. The second kappa shape index (κ2) is 5.03. The molecular formula is C16H28Br2P2. The maximum absolute atomic E-state index is 4.25. The number of fused-ring (bicyclic) bond motifs is 2. The maximum Gasteiger partial charge on any atom is 0.0535 e. The molecule has 0 unspecified atom stereocenters. The number of rotatable bonds is 0. The maximum atomic E-state index is 4.25. The molecule has 1 saturated heterocycles. The Morgan fingerprint density at radius 3 is 2.05 bits per heavy atom. The molecule has 116 valence electrons. The van der Waals surface area contributed by atoms with E-state index in [-0.39, 0.29) is 13.2 Å². The summed E-state index contributed by atoms with van der Waals surface area (Å²) in [4.78, 5) is 0.317. The van der Waals surface area contributed by atoms with E-state index in [0.29, 0.717) is 21.1 Å². The van der Waals surface area contributed by atoms with Crippen LogP contribution in [0.5, 0.6) is 0 Å². The molecule has 0 amide bonds. The van der Waals surface area contributed by atoms with E-state index in [2.05, 4.69) is 92.4 Å². The Kier molecular flexibility index (Phi) is 4.50. The van der Waals surface area contributed by atoms with Crippen molar-refractivity contribution in [2.24, 2.45) is 16.2 Å². The highest BCUT2D eigenvalue weighted by atomic mass is 79.9. The minimum atomic E-state index is -0.226. The van der Waals surface area contributed by atoms with Gasteiger partial charge in [0, 0.05) is 11.1 Å². The molecule has 3 rings (SSSR count). The van der Waals surface area contributed by atoms with Crippen molar-refractivity contribution in [3.8, 4) is 0 Å². The summed E-state index contributed by atoms with van der Waals surface area (Å²) in [5.74, 6) is 0. The Hall–Kier alpha value is 1.56. The molecule has 4 heteroatoms. The average Bonchev–Trinajstić information content (AvgIpc) is 2.17. The van der Waals surface area contributed by atoms with Crippen LogP contribution in [0.15, 0.2) is 11.6 Å². The first-order valence-corrected chi connectivity index (χ1v) is 14.3. The van der Waals surface area contributed by atoms with Crippen LogP contribution < -0.4 is 0 Å². The van der Waals surface area contributed by atoms with Crippen LogP contribution in [0.1, 0.15) is 55.4 Å². The van der Waals surface area contributed by atoms with Crippen LogP contribution in [0.3, 0.4) is 0 Å². The largest absolute Gasteiger partial charge is 0.0690 e. The molecule has 1 fully saturated rings. The van der Waals surface area contributed by atoms with Gasteiger partial charge in [-0.2, -0.15) is 0 Å². The van der Waals surface area contributed by atoms with Gasteiger partial charge in [-0.3, -0.25) is 0 Å². The fraction of sp³-hybridized carbons (Fsp3) is 0.875. The Bertz CT molecular complexity index is 446. The van der Waals surface area contributed by atoms with Gasteiger partial charge in [0.25, 0.3) is 0 Å². The quantitative estimate of drug-likeness (QED) is 0.266. The van der Waals surface area contributed by atoms with Gasteiger partial charge in [0.15, 0.2) is 0 Å². The summed E-state index contributed by atoms with van der Waals surface area (Å²) in [5.41, 5.74) is 3.37. The topological polar surface area (TPSA) is 0 Å².